The second kappa shape index (κ2) is 9.91. The minimum atomic E-state index is -0.241. The zero-order valence-corrected chi connectivity index (χ0v) is 19.0. The highest BCUT2D eigenvalue weighted by atomic mass is 16.2. The number of benzene rings is 2. The summed E-state index contributed by atoms with van der Waals surface area (Å²) in [6, 6.07) is 19.0. The molecule has 4 aromatic rings. The molecule has 6 heteroatoms. The topological polar surface area (TPSA) is 86.9 Å². The minimum Gasteiger partial charge on any atom is -0.361 e. The summed E-state index contributed by atoms with van der Waals surface area (Å²) >= 11 is 0. The maximum atomic E-state index is 12.8. The number of pyridine rings is 1. The van der Waals surface area contributed by atoms with Gasteiger partial charge >= 0.3 is 0 Å². The molecule has 0 saturated heterocycles. The van der Waals surface area contributed by atoms with Crippen molar-refractivity contribution in [2.75, 3.05) is 10.6 Å². The molecule has 1 fully saturated rings. The first kappa shape index (κ1) is 21.9. The van der Waals surface area contributed by atoms with Gasteiger partial charge in [0.25, 0.3) is 5.91 Å². The Kier molecular flexibility index (Phi) is 6.38. The fourth-order valence-electron chi connectivity index (χ4n) is 4.65. The van der Waals surface area contributed by atoms with E-state index in [1.165, 1.54) is 12.8 Å². The molecule has 34 heavy (non-hydrogen) atoms. The molecule has 172 valence electrons. The highest BCUT2D eigenvalue weighted by Crippen LogP contribution is 2.32. The molecular formula is C28H28N4O2. The first-order valence-electron chi connectivity index (χ1n) is 11.9. The molecule has 0 unspecified atom stereocenters. The molecule has 5 rings (SSSR count). The third-order valence-electron chi connectivity index (χ3n) is 6.53. The number of fused-ring (bicyclic) bond motifs is 1. The first-order chi connectivity index (χ1) is 16.7. The molecule has 0 bridgehead atoms. The number of carbonyl (C=O) groups is 2. The summed E-state index contributed by atoms with van der Waals surface area (Å²) in [4.78, 5) is 32.6. The molecule has 1 saturated carbocycles. The second-order valence-corrected chi connectivity index (χ2v) is 8.89. The molecular weight excluding hydrogens is 424 g/mol. The van der Waals surface area contributed by atoms with E-state index >= 15 is 0 Å². The molecule has 3 N–H and O–H groups in total. The van der Waals surface area contributed by atoms with Crippen LogP contribution in [0.3, 0.4) is 0 Å². The van der Waals surface area contributed by atoms with Crippen LogP contribution >= 0.6 is 0 Å². The van der Waals surface area contributed by atoms with Crippen molar-refractivity contribution in [1.82, 2.24) is 9.97 Å². The van der Waals surface area contributed by atoms with E-state index in [-0.39, 0.29) is 17.7 Å². The van der Waals surface area contributed by atoms with Gasteiger partial charge in [-0.1, -0.05) is 43.9 Å². The van der Waals surface area contributed by atoms with Crippen LogP contribution in [-0.2, 0) is 4.79 Å². The molecule has 2 heterocycles. The van der Waals surface area contributed by atoms with Crippen LogP contribution in [0.25, 0.3) is 22.0 Å². The van der Waals surface area contributed by atoms with Gasteiger partial charge in [0.05, 0.1) is 0 Å². The van der Waals surface area contributed by atoms with E-state index < -0.39 is 0 Å². The summed E-state index contributed by atoms with van der Waals surface area (Å²) in [5.41, 5.74) is 4.98. The Hall–Kier alpha value is -3.93. The number of nitrogens with one attached hydrogen (secondary N) is 3. The van der Waals surface area contributed by atoms with Crippen LogP contribution in [0.2, 0.25) is 0 Å². The predicted molar refractivity (Wildman–Crippen MR) is 136 cm³/mol. The van der Waals surface area contributed by atoms with Crippen LogP contribution in [0.15, 0.2) is 73.1 Å². The SMILES string of the molecule is O=C(Nc1ccc(-c2c[nH]c3ccc(NC(=O)C4CCCCCC4)cc23)cc1)c1ccccn1. The average molecular weight is 453 g/mol. The maximum Gasteiger partial charge on any atom is 0.274 e. The van der Waals surface area contributed by atoms with Crippen molar-refractivity contribution in [3.05, 3.63) is 78.8 Å². The number of hydrogen-bond acceptors (Lipinski definition) is 3. The monoisotopic (exact) mass is 452 g/mol. The average Bonchev–Trinajstić information content (AvgIpc) is 3.09. The standard InChI is InChI=1S/C28H28N4O2/c33-27(20-7-3-1-2-4-8-20)32-22-14-15-25-23(17-22)24(18-30-25)19-10-12-21(13-11-19)31-28(34)26-9-5-6-16-29-26/h5-6,9-18,20,30H,1-4,7-8H2,(H,31,34)(H,32,33). The van der Waals surface area contributed by atoms with E-state index in [4.69, 9.17) is 0 Å². The number of hydrogen-bond donors (Lipinski definition) is 3. The van der Waals surface area contributed by atoms with E-state index in [0.29, 0.717) is 11.4 Å². The lowest BCUT2D eigenvalue weighted by atomic mass is 9.99. The lowest BCUT2D eigenvalue weighted by molar-refractivity contribution is -0.120. The Morgan fingerprint density at radius 3 is 2.35 bits per heavy atom. The number of amides is 2. The summed E-state index contributed by atoms with van der Waals surface area (Å²) in [6.45, 7) is 0. The highest BCUT2D eigenvalue weighted by molar-refractivity contribution is 6.03. The van der Waals surface area contributed by atoms with Crippen LogP contribution in [-0.4, -0.2) is 21.8 Å². The van der Waals surface area contributed by atoms with E-state index in [9.17, 15) is 9.59 Å². The van der Waals surface area contributed by atoms with Gasteiger partial charge in [-0.3, -0.25) is 14.6 Å². The van der Waals surface area contributed by atoms with Crippen molar-refractivity contribution in [2.24, 2.45) is 5.92 Å². The second-order valence-electron chi connectivity index (χ2n) is 8.89. The fraction of sp³-hybridized carbons (Fsp3) is 0.250. The van der Waals surface area contributed by atoms with Crippen LogP contribution in [0.5, 0.6) is 0 Å². The van der Waals surface area contributed by atoms with Crippen molar-refractivity contribution in [3.8, 4) is 11.1 Å². The molecule has 2 amide bonds. The van der Waals surface area contributed by atoms with Gasteiger partial charge in [-0.05, 0) is 60.9 Å². The normalized spacial score (nSPS) is 14.5. The maximum absolute atomic E-state index is 12.8. The Balaban J connectivity index is 1.32. The lowest BCUT2D eigenvalue weighted by Gasteiger charge is -2.14. The van der Waals surface area contributed by atoms with Gasteiger partial charge in [-0.2, -0.15) is 0 Å². The number of aromatic nitrogens is 2. The number of H-pyrrole nitrogens is 1. The Morgan fingerprint density at radius 2 is 1.62 bits per heavy atom. The van der Waals surface area contributed by atoms with E-state index in [2.05, 4.69) is 20.6 Å². The van der Waals surface area contributed by atoms with Crippen molar-refractivity contribution in [1.29, 1.82) is 0 Å². The van der Waals surface area contributed by atoms with Gasteiger partial charge in [0.15, 0.2) is 0 Å². The molecule has 0 radical (unpaired) electrons. The largest absolute Gasteiger partial charge is 0.361 e. The van der Waals surface area contributed by atoms with Crippen molar-refractivity contribution < 1.29 is 9.59 Å². The van der Waals surface area contributed by atoms with E-state index in [0.717, 1.165) is 53.4 Å². The van der Waals surface area contributed by atoms with Crippen molar-refractivity contribution in [2.45, 2.75) is 38.5 Å². The van der Waals surface area contributed by atoms with Gasteiger partial charge in [-0.25, -0.2) is 0 Å². The van der Waals surface area contributed by atoms with Gasteiger partial charge in [0.2, 0.25) is 5.91 Å². The van der Waals surface area contributed by atoms with Gasteiger partial charge in [0, 0.05) is 46.2 Å². The predicted octanol–water partition coefficient (Wildman–Crippen LogP) is 6.39. The summed E-state index contributed by atoms with van der Waals surface area (Å²) in [5, 5.41) is 7.06. The van der Waals surface area contributed by atoms with Crippen LogP contribution in [0.1, 0.15) is 49.0 Å². The quantitative estimate of drug-likeness (QED) is 0.307. The lowest BCUT2D eigenvalue weighted by Crippen LogP contribution is -2.22. The van der Waals surface area contributed by atoms with Crippen LogP contribution < -0.4 is 10.6 Å². The van der Waals surface area contributed by atoms with Crippen LogP contribution in [0.4, 0.5) is 11.4 Å². The number of anilines is 2. The number of aromatic amines is 1. The van der Waals surface area contributed by atoms with E-state index in [1.807, 2.05) is 48.7 Å². The number of nitrogens with zero attached hydrogens (tertiary/aromatic N) is 1. The Bertz CT molecular complexity index is 1290. The third-order valence-corrected chi connectivity index (χ3v) is 6.53. The zero-order valence-electron chi connectivity index (χ0n) is 19.0. The first-order valence-corrected chi connectivity index (χ1v) is 11.9. The molecule has 1 aliphatic carbocycles. The minimum absolute atomic E-state index is 0.109. The summed E-state index contributed by atoms with van der Waals surface area (Å²) in [6.07, 6.45) is 10.3. The summed E-state index contributed by atoms with van der Waals surface area (Å²) < 4.78 is 0. The van der Waals surface area contributed by atoms with Crippen molar-refractivity contribution >= 4 is 34.1 Å². The van der Waals surface area contributed by atoms with Crippen LogP contribution in [0, 0.1) is 5.92 Å². The fourth-order valence-corrected chi connectivity index (χ4v) is 4.65. The molecule has 6 nitrogen and oxygen atoms in total. The highest BCUT2D eigenvalue weighted by Gasteiger charge is 2.20. The summed E-state index contributed by atoms with van der Waals surface area (Å²) in [5.74, 6) is -0.00133. The molecule has 2 aromatic heterocycles. The van der Waals surface area contributed by atoms with Gasteiger partial charge in [0.1, 0.15) is 5.69 Å². The summed E-state index contributed by atoms with van der Waals surface area (Å²) in [7, 11) is 0. The van der Waals surface area contributed by atoms with Gasteiger partial charge in [-0.15, -0.1) is 0 Å². The molecule has 0 aliphatic heterocycles. The number of carbonyl (C=O) groups excluding carboxylic acids is 2. The van der Waals surface area contributed by atoms with Crippen molar-refractivity contribution in [3.63, 3.8) is 0 Å². The molecule has 1 aliphatic rings. The third kappa shape index (κ3) is 4.86. The smallest absolute Gasteiger partial charge is 0.274 e. The van der Waals surface area contributed by atoms with Gasteiger partial charge < -0.3 is 15.6 Å². The van der Waals surface area contributed by atoms with E-state index in [1.54, 1.807) is 24.4 Å². The molecule has 2 aromatic carbocycles. The molecule has 0 atom stereocenters. The zero-order chi connectivity index (χ0) is 23.3. The number of rotatable bonds is 5. The molecule has 0 spiro atoms. The Morgan fingerprint density at radius 1 is 0.853 bits per heavy atom. The Labute approximate surface area is 198 Å².